The van der Waals surface area contributed by atoms with Crippen LogP contribution in [0.3, 0.4) is 0 Å². The number of carbonyl (C=O) groups excluding carboxylic acids is 1. The van der Waals surface area contributed by atoms with E-state index in [-0.39, 0.29) is 5.91 Å². The van der Waals surface area contributed by atoms with Crippen molar-refractivity contribution in [2.24, 2.45) is 0 Å². The molecule has 3 aromatic rings. The molecular weight excluding hydrogens is 304 g/mol. The van der Waals surface area contributed by atoms with E-state index in [1.165, 1.54) is 6.20 Å². The van der Waals surface area contributed by atoms with Gasteiger partial charge in [-0.1, -0.05) is 17.3 Å². The SMILES string of the molecule is Cc1ccc(C)c(Nc2cncc(C(=O)Nc3cc(C)on3)c2)c1. The van der Waals surface area contributed by atoms with Gasteiger partial charge in [-0.25, -0.2) is 0 Å². The molecule has 2 heterocycles. The number of hydrogen-bond donors (Lipinski definition) is 2. The number of nitrogens with zero attached hydrogens (tertiary/aromatic N) is 2. The van der Waals surface area contributed by atoms with Gasteiger partial charge < -0.3 is 15.2 Å². The summed E-state index contributed by atoms with van der Waals surface area (Å²) in [6.07, 6.45) is 3.19. The molecule has 1 amide bonds. The standard InChI is InChI=1S/C18H18N4O2/c1-11-4-5-12(2)16(6-11)20-15-8-14(9-19-10-15)18(23)21-17-7-13(3)24-22-17/h4-10,20H,1-3H3,(H,21,22,23). The molecule has 6 nitrogen and oxygen atoms in total. The zero-order valence-electron chi connectivity index (χ0n) is 13.8. The number of aryl methyl sites for hydroxylation is 3. The fourth-order valence-corrected chi connectivity index (χ4v) is 2.27. The van der Waals surface area contributed by atoms with Gasteiger partial charge in [0, 0.05) is 18.0 Å². The molecule has 122 valence electrons. The van der Waals surface area contributed by atoms with Gasteiger partial charge in [-0.15, -0.1) is 0 Å². The van der Waals surface area contributed by atoms with E-state index in [9.17, 15) is 4.79 Å². The summed E-state index contributed by atoms with van der Waals surface area (Å²) in [7, 11) is 0. The Morgan fingerprint density at radius 1 is 1.08 bits per heavy atom. The molecule has 0 spiro atoms. The summed E-state index contributed by atoms with van der Waals surface area (Å²) in [6.45, 7) is 5.82. The molecular formula is C18H18N4O2. The predicted octanol–water partition coefficient (Wildman–Crippen LogP) is 3.99. The van der Waals surface area contributed by atoms with Gasteiger partial charge in [-0.05, 0) is 44.0 Å². The highest BCUT2D eigenvalue weighted by Crippen LogP contribution is 2.22. The summed E-state index contributed by atoms with van der Waals surface area (Å²) >= 11 is 0. The van der Waals surface area contributed by atoms with Crippen molar-refractivity contribution in [3.63, 3.8) is 0 Å². The Morgan fingerprint density at radius 3 is 2.67 bits per heavy atom. The molecule has 0 aliphatic rings. The van der Waals surface area contributed by atoms with Crippen LogP contribution in [0.1, 0.15) is 27.2 Å². The van der Waals surface area contributed by atoms with E-state index in [2.05, 4.69) is 39.0 Å². The number of anilines is 3. The van der Waals surface area contributed by atoms with E-state index in [4.69, 9.17) is 4.52 Å². The van der Waals surface area contributed by atoms with E-state index in [0.717, 1.165) is 22.5 Å². The monoisotopic (exact) mass is 322 g/mol. The van der Waals surface area contributed by atoms with Gasteiger partial charge >= 0.3 is 0 Å². The predicted molar refractivity (Wildman–Crippen MR) is 92.6 cm³/mol. The van der Waals surface area contributed by atoms with Gasteiger partial charge in [-0.2, -0.15) is 0 Å². The molecule has 2 aromatic heterocycles. The molecule has 3 rings (SSSR count). The zero-order chi connectivity index (χ0) is 17.1. The highest BCUT2D eigenvalue weighted by molar-refractivity contribution is 6.04. The number of benzene rings is 1. The van der Waals surface area contributed by atoms with Gasteiger partial charge in [0.25, 0.3) is 5.91 Å². The van der Waals surface area contributed by atoms with Crippen LogP contribution in [0.4, 0.5) is 17.2 Å². The first-order valence-corrected chi connectivity index (χ1v) is 7.55. The lowest BCUT2D eigenvalue weighted by Gasteiger charge is -2.11. The van der Waals surface area contributed by atoms with Crippen LogP contribution in [-0.2, 0) is 0 Å². The van der Waals surface area contributed by atoms with Crippen molar-refractivity contribution in [3.05, 3.63) is 65.2 Å². The maximum atomic E-state index is 12.3. The third-order valence-corrected chi connectivity index (χ3v) is 3.54. The molecule has 0 fully saturated rings. The van der Waals surface area contributed by atoms with Crippen LogP contribution in [-0.4, -0.2) is 16.0 Å². The summed E-state index contributed by atoms with van der Waals surface area (Å²) in [5, 5.41) is 9.73. The van der Waals surface area contributed by atoms with Crippen LogP contribution in [0.2, 0.25) is 0 Å². The number of hydrogen-bond acceptors (Lipinski definition) is 5. The molecule has 0 saturated carbocycles. The molecule has 2 N–H and O–H groups in total. The van der Waals surface area contributed by atoms with Crippen LogP contribution >= 0.6 is 0 Å². The molecule has 1 aromatic carbocycles. The number of nitrogens with one attached hydrogen (secondary N) is 2. The fraction of sp³-hybridized carbons (Fsp3) is 0.167. The average Bonchev–Trinajstić information content (AvgIpc) is 2.96. The molecule has 24 heavy (non-hydrogen) atoms. The minimum atomic E-state index is -0.291. The molecule has 0 aliphatic carbocycles. The van der Waals surface area contributed by atoms with Crippen LogP contribution in [0.5, 0.6) is 0 Å². The smallest absolute Gasteiger partial charge is 0.258 e. The number of pyridine rings is 1. The third-order valence-electron chi connectivity index (χ3n) is 3.54. The van der Waals surface area contributed by atoms with Crippen LogP contribution < -0.4 is 10.6 Å². The Morgan fingerprint density at radius 2 is 1.92 bits per heavy atom. The van der Waals surface area contributed by atoms with Crippen molar-refractivity contribution >= 4 is 23.1 Å². The van der Waals surface area contributed by atoms with Gasteiger partial charge in [0.1, 0.15) is 5.76 Å². The van der Waals surface area contributed by atoms with Gasteiger partial charge in [0.2, 0.25) is 0 Å². The van der Waals surface area contributed by atoms with Crippen molar-refractivity contribution in [2.45, 2.75) is 20.8 Å². The summed E-state index contributed by atoms with van der Waals surface area (Å²) in [5.41, 5.74) is 4.44. The zero-order valence-corrected chi connectivity index (χ0v) is 13.8. The first-order chi connectivity index (χ1) is 11.5. The summed E-state index contributed by atoms with van der Waals surface area (Å²) in [6, 6.07) is 9.57. The lowest BCUT2D eigenvalue weighted by molar-refractivity contribution is 0.102. The Labute approximate surface area is 139 Å². The van der Waals surface area contributed by atoms with Gasteiger partial charge in [0.05, 0.1) is 17.4 Å². The molecule has 0 saturated heterocycles. The number of carbonyl (C=O) groups is 1. The maximum absolute atomic E-state index is 12.3. The minimum absolute atomic E-state index is 0.291. The molecule has 6 heteroatoms. The first kappa shape index (κ1) is 15.7. The quantitative estimate of drug-likeness (QED) is 0.759. The lowest BCUT2D eigenvalue weighted by atomic mass is 10.1. The Kier molecular flexibility index (Phi) is 4.29. The molecule has 0 unspecified atom stereocenters. The lowest BCUT2D eigenvalue weighted by Crippen LogP contribution is -2.12. The molecule has 0 aliphatic heterocycles. The van der Waals surface area contributed by atoms with Crippen molar-refractivity contribution < 1.29 is 9.32 Å². The summed E-state index contributed by atoms with van der Waals surface area (Å²) < 4.78 is 4.94. The summed E-state index contributed by atoms with van der Waals surface area (Å²) in [5.74, 6) is 0.722. The third kappa shape index (κ3) is 3.60. The normalized spacial score (nSPS) is 10.5. The highest BCUT2D eigenvalue weighted by atomic mass is 16.5. The van der Waals surface area contributed by atoms with E-state index in [1.54, 1.807) is 25.3 Å². The van der Waals surface area contributed by atoms with Gasteiger partial charge in [-0.3, -0.25) is 9.78 Å². The number of amides is 1. The Hall–Kier alpha value is -3.15. The van der Waals surface area contributed by atoms with E-state index in [1.807, 2.05) is 13.8 Å². The van der Waals surface area contributed by atoms with Crippen molar-refractivity contribution in [1.29, 1.82) is 0 Å². The molecule has 0 atom stereocenters. The van der Waals surface area contributed by atoms with Crippen LogP contribution in [0.25, 0.3) is 0 Å². The van der Waals surface area contributed by atoms with Crippen molar-refractivity contribution in [2.75, 3.05) is 10.6 Å². The number of rotatable bonds is 4. The Balaban J connectivity index is 1.78. The molecule has 0 radical (unpaired) electrons. The second-order valence-corrected chi connectivity index (χ2v) is 5.68. The van der Waals surface area contributed by atoms with Gasteiger partial charge in [0.15, 0.2) is 5.82 Å². The van der Waals surface area contributed by atoms with Crippen molar-refractivity contribution in [3.8, 4) is 0 Å². The highest BCUT2D eigenvalue weighted by Gasteiger charge is 2.10. The Bertz CT molecular complexity index is 886. The van der Waals surface area contributed by atoms with E-state index in [0.29, 0.717) is 17.1 Å². The average molecular weight is 322 g/mol. The number of aromatic nitrogens is 2. The second-order valence-electron chi connectivity index (χ2n) is 5.68. The van der Waals surface area contributed by atoms with Crippen LogP contribution in [0.15, 0.2) is 47.2 Å². The van der Waals surface area contributed by atoms with E-state index < -0.39 is 0 Å². The maximum Gasteiger partial charge on any atom is 0.258 e. The summed E-state index contributed by atoms with van der Waals surface area (Å²) in [4.78, 5) is 16.4. The first-order valence-electron chi connectivity index (χ1n) is 7.55. The van der Waals surface area contributed by atoms with Crippen molar-refractivity contribution in [1.82, 2.24) is 10.1 Å². The van der Waals surface area contributed by atoms with Crippen LogP contribution in [0, 0.1) is 20.8 Å². The topological polar surface area (TPSA) is 80.0 Å². The minimum Gasteiger partial charge on any atom is -0.360 e. The van der Waals surface area contributed by atoms with E-state index >= 15 is 0 Å². The second kappa shape index (κ2) is 6.54. The molecule has 0 bridgehead atoms. The fourth-order valence-electron chi connectivity index (χ4n) is 2.27. The largest absolute Gasteiger partial charge is 0.360 e.